The maximum Gasteiger partial charge on any atom is 0.308 e. The maximum absolute atomic E-state index is 11.2. The summed E-state index contributed by atoms with van der Waals surface area (Å²) in [6.07, 6.45) is 2.84. The molecule has 0 aromatic rings. The first-order chi connectivity index (χ1) is 6.74. The number of hydrogen-bond donors (Lipinski definition) is 1. The highest BCUT2D eigenvalue weighted by atomic mass is 16.5. The Morgan fingerprint density at radius 3 is 2.21 bits per heavy atom. The van der Waals surface area contributed by atoms with Crippen molar-refractivity contribution in [3.05, 3.63) is 0 Å². The molecule has 1 fully saturated rings. The highest BCUT2D eigenvalue weighted by molar-refractivity contribution is 5.72. The van der Waals surface area contributed by atoms with E-state index in [0.717, 1.165) is 25.7 Å². The zero-order valence-corrected chi connectivity index (χ0v) is 9.45. The Kier molecular flexibility index (Phi) is 7.48. The molecule has 0 unspecified atom stereocenters. The molecule has 0 amide bonds. The van der Waals surface area contributed by atoms with Crippen LogP contribution in [0.1, 0.15) is 46.5 Å². The number of aliphatic hydroxyl groups excluding tert-OH is 1. The van der Waals surface area contributed by atoms with Gasteiger partial charge in [0.25, 0.3) is 0 Å². The summed E-state index contributed by atoms with van der Waals surface area (Å²) < 4.78 is 4.90. The second kappa shape index (κ2) is 7.80. The number of esters is 1. The summed E-state index contributed by atoms with van der Waals surface area (Å²) in [5, 5.41) is 9.19. The lowest BCUT2D eigenvalue weighted by molar-refractivity contribution is -0.149. The molecular weight excluding hydrogens is 180 g/mol. The Bertz CT molecular complexity index is 149. The van der Waals surface area contributed by atoms with Crippen LogP contribution in [0.2, 0.25) is 0 Å². The largest absolute Gasteiger partial charge is 0.466 e. The number of carbonyl (C=O) groups excluding carboxylic acids is 1. The van der Waals surface area contributed by atoms with Crippen molar-refractivity contribution in [1.29, 1.82) is 0 Å². The van der Waals surface area contributed by atoms with Gasteiger partial charge < -0.3 is 9.84 Å². The number of ether oxygens (including phenoxy) is 1. The molecule has 0 heterocycles. The van der Waals surface area contributed by atoms with Crippen molar-refractivity contribution in [2.75, 3.05) is 6.61 Å². The molecule has 1 rings (SSSR count). The van der Waals surface area contributed by atoms with E-state index < -0.39 is 0 Å². The van der Waals surface area contributed by atoms with Crippen LogP contribution in [0.3, 0.4) is 0 Å². The van der Waals surface area contributed by atoms with Crippen LogP contribution < -0.4 is 0 Å². The fourth-order valence-electron chi connectivity index (χ4n) is 1.57. The first-order valence-corrected chi connectivity index (χ1v) is 5.58. The molecule has 0 bridgehead atoms. The molecule has 3 heteroatoms. The van der Waals surface area contributed by atoms with E-state index in [1.54, 1.807) is 0 Å². The quantitative estimate of drug-likeness (QED) is 0.698. The predicted molar refractivity (Wildman–Crippen MR) is 55.9 cm³/mol. The first-order valence-electron chi connectivity index (χ1n) is 5.58. The van der Waals surface area contributed by atoms with Crippen LogP contribution >= 0.6 is 0 Å². The summed E-state index contributed by atoms with van der Waals surface area (Å²) in [7, 11) is 0. The van der Waals surface area contributed by atoms with Gasteiger partial charge >= 0.3 is 5.97 Å². The van der Waals surface area contributed by atoms with Gasteiger partial charge in [-0.05, 0) is 32.6 Å². The zero-order chi connectivity index (χ0) is 11.0. The summed E-state index contributed by atoms with van der Waals surface area (Å²) in [6, 6.07) is 0. The molecule has 1 saturated carbocycles. The van der Waals surface area contributed by atoms with E-state index in [2.05, 4.69) is 0 Å². The van der Waals surface area contributed by atoms with Gasteiger partial charge in [-0.1, -0.05) is 13.8 Å². The SMILES string of the molecule is CC.CCOC(=O)C1CCC(O)CC1. The monoisotopic (exact) mass is 202 g/mol. The standard InChI is InChI=1S/C9H16O3.C2H6/c1-2-12-9(11)7-3-5-8(10)6-4-7;1-2/h7-8,10H,2-6H2,1H3;1-2H3. The van der Waals surface area contributed by atoms with Crippen molar-refractivity contribution in [2.45, 2.75) is 52.6 Å². The summed E-state index contributed by atoms with van der Waals surface area (Å²) in [6.45, 7) is 6.27. The molecule has 3 nitrogen and oxygen atoms in total. The van der Waals surface area contributed by atoms with Crippen LogP contribution in [0.4, 0.5) is 0 Å². The molecule has 0 aliphatic heterocycles. The summed E-state index contributed by atoms with van der Waals surface area (Å²) >= 11 is 0. The van der Waals surface area contributed by atoms with Gasteiger partial charge in [0.2, 0.25) is 0 Å². The Balaban J connectivity index is 0.000000791. The number of aliphatic hydroxyl groups is 1. The summed E-state index contributed by atoms with van der Waals surface area (Å²) in [5.41, 5.74) is 0. The lowest BCUT2D eigenvalue weighted by Gasteiger charge is -2.23. The van der Waals surface area contributed by atoms with Gasteiger partial charge in [0.1, 0.15) is 0 Å². The third-order valence-corrected chi connectivity index (χ3v) is 2.32. The van der Waals surface area contributed by atoms with Crippen LogP contribution in [0.15, 0.2) is 0 Å². The Hall–Kier alpha value is -0.570. The molecular formula is C11H22O3. The number of hydrogen-bond acceptors (Lipinski definition) is 3. The van der Waals surface area contributed by atoms with Gasteiger partial charge in [0.15, 0.2) is 0 Å². The topological polar surface area (TPSA) is 46.5 Å². The smallest absolute Gasteiger partial charge is 0.308 e. The minimum Gasteiger partial charge on any atom is -0.466 e. The van der Waals surface area contributed by atoms with Crippen molar-refractivity contribution in [3.63, 3.8) is 0 Å². The van der Waals surface area contributed by atoms with E-state index in [4.69, 9.17) is 4.74 Å². The molecule has 0 atom stereocenters. The molecule has 0 radical (unpaired) electrons. The van der Waals surface area contributed by atoms with Crippen LogP contribution in [0, 0.1) is 5.92 Å². The maximum atomic E-state index is 11.2. The minimum absolute atomic E-state index is 0.0355. The van der Waals surface area contributed by atoms with Crippen molar-refractivity contribution >= 4 is 5.97 Å². The molecule has 0 aromatic heterocycles. The number of carbonyl (C=O) groups is 1. The van der Waals surface area contributed by atoms with Crippen molar-refractivity contribution in [3.8, 4) is 0 Å². The van der Waals surface area contributed by atoms with E-state index in [1.807, 2.05) is 20.8 Å². The first kappa shape index (κ1) is 13.4. The van der Waals surface area contributed by atoms with Gasteiger partial charge in [0.05, 0.1) is 18.6 Å². The van der Waals surface area contributed by atoms with Crippen molar-refractivity contribution < 1.29 is 14.6 Å². The Morgan fingerprint density at radius 1 is 1.29 bits per heavy atom. The van der Waals surface area contributed by atoms with Gasteiger partial charge in [-0.3, -0.25) is 4.79 Å². The highest BCUT2D eigenvalue weighted by Crippen LogP contribution is 2.24. The molecule has 1 N–H and O–H groups in total. The molecule has 1 aliphatic carbocycles. The molecule has 14 heavy (non-hydrogen) atoms. The Labute approximate surface area is 86.5 Å². The Morgan fingerprint density at radius 2 is 1.79 bits per heavy atom. The zero-order valence-electron chi connectivity index (χ0n) is 9.45. The van der Waals surface area contributed by atoms with Gasteiger partial charge in [-0.15, -0.1) is 0 Å². The lowest BCUT2D eigenvalue weighted by atomic mass is 9.88. The predicted octanol–water partition coefficient (Wildman–Crippen LogP) is 2.13. The molecule has 1 aliphatic rings. The average molecular weight is 202 g/mol. The van der Waals surface area contributed by atoms with E-state index in [0.29, 0.717) is 6.61 Å². The third kappa shape index (κ3) is 4.61. The minimum atomic E-state index is -0.198. The average Bonchev–Trinajstić information content (AvgIpc) is 2.22. The number of rotatable bonds is 2. The van der Waals surface area contributed by atoms with Crippen LogP contribution in [0.5, 0.6) is 0 Å². The van der Waals surface area contributed by atoms with E-state index in [9.17, 15) is 9.90 Å². The fraction of sp³-hybridized carbons (Fsp3) is 0.909. The molecule has 84 valence electrons. The van der Waals surface area contributed by atoms with Crippen LogP contribution in [-0.2, 0) is 9.53 Å². The third-order valence-electron chi connectivity index (χ3n) is 2.32. The normalized spacial score (nSPS) is 26.0. The molecule has 0 saturated heterocycles. The molecule has 0 spiro atoms. The van der Waals surface area contributed by atoms with E-state index in [1.165, 1.54) is 0 Å². The second-order valence-electron chi connectivity index (χ2n) is 3.26. The second-order valence-corrected chi connectivity index (χ2v) is 3.26. The van der Waals surface area contributed by atoms with E-state index >= 15 is 0 Å². The van der Waals surface area contributed by atoms with E-state index in [-0.39, 0.29) is 18.0 Å². The highest BCUT2D eigenvalue weighted by Gasteiger charge is 2.25. The summed E-state index contributed by atoms with van der Waals surface area (Å²) in [5.74, 6) is -0.0576. The van der Waals surface area contributed by atoms with Crippen molar-refractivity contribution in [2.24, 2.45) is 5.92 Å². The lowest BCUT2D eigenvalue weighted by Crippen LogP contribution is -2.25. The van der Waals surface area contributed by atoms with Gasteiger partial charge in [-0.25, -0.2) is 0 Å². The van der Waals surface area contributed by atoms with Gasteiger partial charge in [-0.2, -0.15) is 0 Å². The van der Waals surface area contributed by atoms with Crippen LogP contribution in [0.25, 0.3) is 0 Å². The van der Waals surface area contributed by atoms with Crippen LogP contribution in [-0.4, -0.2) is 23.8 Å². The van der Waals surface area contributed by atoms with Gasteiger partial charge in [0, 0.05) is 0 Å². The summed E-state index contributed by atoms with van der Waals surface area (Å²) in [4.78, 5) is 11.2. The molecule has 0 aromatic carbocycles. The fourth-order valence-corrected chi connectivity index (χ4v) is 1.57. The van der Waals surface area contributed by atoms with Crippen molar-refractivity contribution in [1.82, 2.24) is 0 Å².